The maximum atomic E-state index is 11.0. The molecule has 1 aromatic rings. The molecule has 0 unspecified atom stereocenters. The lowest BCUT2D eigenvalue weighted by Gasteiger charge is -2.23. The van der Waals surface area contributed by atoms with Crippen LogP contribution in [0.4, 0.5) is 0 Å². The van der Waals surface area contributed by atoms with Crippen molar-refractivity contribution in [2.45, 2.75) is 18.9 Å². The molecule has 8 N–H and O–H groups in total. The third kappa shape index (κ3) is 5.91. The van der Waals surface area contributed by atoms with Crippen molar-refractivity contribution in [2.75, 3.05) is 0 Å². The average molecular weight is 307 g/mol. The lowest BCUT2D eigenvalue weighted by atomic mass is 9.93. The molecule has 0 aliphatic rings. The van der Waals surface area contributed by atoms with E-state index >= 15 is 0 Å². The molecule has 1 atom stereocenters. The van der Waals surface area contributed by atoms with Gasteiger partial charge >= 0.3 is 14.2 Å². The Labute approximate surface area is 115 Å². The van der Waals surface area contributed by atoms with Crippen LogP contribution in [-0.2, 0) is 15.8 Å². The van der Waals surface area contributed by atoms with E-state index in [2.05, 4.69) is 5.43 Å². The van der Waals surface area contributed by atoms with E-state index in [-0.39, 0.29) is 17.9 Å². The van der Waals surface area contributed by atoms with E-state index in [0.29, 0.717) is 5.56 Å². The van der Waals surface area contributed by atoms with E-state index in [1.54, 1.807) is 0 Å². The zero-order chi connectivity index (χ0) is 15.9. The van der Waals surface area contributed by atoms with Crippen LogP contribution in [0.3, 0.4) is 0 Å². The highest BCUT2D eigenvalue weighted by Crippen LogP contribution is 2.26. The SMILES string of the molecule is C[C@@](Cc1ccc(O)c(O)c1)(NN)C(=O)O.O=[P+](O)O. The summed E-state index contributed by atoms with van der Waals surface area (Å²) < 4.78 is 8.70. The van der Waals surface area contributed by atoms with Crippen LogP contribution in [0.25, 0.3) is 0 Å². The summed E-state index contributed by atoms with van der Waals surface area (Å²) in [4.78, 5) is 25.2. The number of carboxylic acid groups (broad SMARTS) is 1. The van der Waals surface area contributed by atoms with E-state index in [1.165, 1.54) is 25.1 Å². The maximum Gasteiger partial charge on any atom is 0.692 e. The molecular weight excluding hydrogens is 291 g/mol. The average Bonchev–Trinajstić information content (AvgIpc) is 2.33. The summed E-state index contributed by atoms with van der Waals surface area (Å²) in [6.45, 7) is 1.43. The summed E-state index contributed by atoms with van der Waals surface area (Å²) >= 11 is 0. The Morgan fingerprint density at radius 3 is 2.20 bits per heavy atom. The number of hydrazine groups is 1. The summed E-state index contributed by atoms with van der Waals surface area (Å²) in [6.07, 6.45) is 0.0900. The van der Waals surface area contributed by atoms with Gasteiger partial charge in [0, 0.05) is 11.0 Å². The van der Waals surface area contributed by atoms with Gasteiger partial charge in [-0.05, 0) is 24.6 Å². The van der Waals surface area contributed by atoms with Gasteiger partial charge in [-0.3, -0.25) is 10.6 Å². The van der Waals surface area contributed by atoms with Crippen molar-refractivity contribution in [3.8, 4) is 11.5 Å². The fourth-order valence-electron chi connectivity index (χ4n) is 1.28. The lowest BCUT2D eigenvalue weighted by molar-refractivity contribution is -0.144. The monoisotopic (exact) mass is 307 g/mol. The molecule has 0 spiro atoms. The van der Waals surface area contributed by atoms with Gasteiger partial charge in [0.25, 0.3) is 0 Å². The summed E-state index contributed by atoms with van der Waals surface area (Å²) in [5, 5.41) is 27.3. The molecule has 112 valence electrons. The lowest BCUT2D eigenvalue weighted by Crippen LogP contribution is -2.54. The number of carboxylic acids is 1. The van der Waals surface area contributed by atoms with Crippen LogP contribution >= 0.6 is 8.25 Å². The number of hydrogen-bond acceptors (Lipinski definition) is 6. The Hall–Kier alpha value is -1.77. The topological polar surface area (TPSA) is 173 Å². The largest absolute Gasteiger partial charge is 0.692 e. The van der Waals surface area contributed by atoms with Crippen molar-refractivity contribution >= 4 is 14.2 Å². The molecule has 10 heteroatoms. The predicted molar refractivity (Wildman–Crippen MR) is 68.9 cm³/mol. The number of aliphatic carboxylic acids is 1. The Morgan fingerprint density at radius 1 is 1.35 bits per heavy atom. The first-order valence-electron chi connectivity index (χ1n) is 5.19. The summed E-state index contributed by atoms with van der Waals surface area (Å²) in [6, 6.07) is 4.12. The van der Waals surface area contributed by atoms with Crippen molar-refractivity contribution in [1.82, 2.24) is 5.43 Å². The van der Waals surface area contributed by atoms with E-state index in [4.69, 9.17) is 30.4 Å². The van der Waals surface area contributed by atoms with Crippen LogP contribution in [0.15, 0.2) is 18.2 Å². The highest BCUT2D eigenvalue weighted by Gasteiger charge is 2.32. The van der Waals surface area contributed by atoms with Crippen LogP contribution in [-0.4, -0.2) is 36.6 Å². The molecule has 0 aliphatic carbocycles. The highest BCUT2D eigenvalue weighted by atomic mass is 31.1. The number of benzene rings is 1. The van der Waals surface area contributed by atoms with Gasteiger partial charge in [0.05, 0.1) is 0 Å². The molecule has 20 heavy (non-hydrogen) atoms. The number of nitrogens with two attached hydrogens (primary N) is 1. The fraction of sp³-hybridized carbons (Fsp3) is 0.300. The van der Waals surface area contributed by atoms with E-state index in [0.717, 1.165) is 0 Å². The normalized spacial score (nSPS) is 12.8. The van der Waals surface area contributed by atoms with Gasteiger partial charge in [-0.2, -0.15) is 0 Å². The zero-order valence-electron chi connectivity index (χ0n) is 10.5. The van der Waals surface area contributed by atoms with Crippen LogP contribution in [0, 0.1) is 0 Å². The van der Waals surface area contributed by atoms with Crippen molar-refractivity contribution in [3.05, 3.63) is 23.8 Å². The van der Waals surface area contributed by atoms with Crippen molar-refractivity contribution < 1.29 is 34.5 Å². The van der Waals surface area contributed by atoms with Crippen LogP contribution in [0.1, 0.15) is 12.5 Å². The smallest absolute Gasteiger partial charge is 0.504 e. The summed E-state index contributed by atoms with van der Waals surface area (Å²) in [5.41, 5.74) is 1.45. The van der Waals surface area contributed by atoms with Crippen LogP contribution in [0.2, 0.25) is 0 Å². The third-order valence-electron chi connectivity index (χ3n) is 2.39. The molecule has 0 saturated carbocycles. The van der Waals surface area contributed by atoms with Crippen molar-refractivity contribution in [2.24, 2.45) is 5.84 Å². The highest BCUT2D eigenvalue weighted by molar-refractivity contribution is 7.30. The van der Waals surface area contributed by atoms with E-state index in [9.17, 15) is 9.90 Å². The minimum Gasteiger partial charge on any atom is -0.504 e. The van der Waals surface area contributed by atoms with Gasteiger partial charge in [-0.1, -0.05) is 6.07 Å². The molecule has 9 nitrogen and oxygen atoms in total. The quantitative estimate of drug-likeness (QED) is 0.168. The van der Waals surface area contributed by atoms with Gasteiger partial charge in [0.1, 0.15) is 5.54 Å². The standard InChI is InChI=1S/C10H14N2O4.HO3P/c1-10(12-11,9(15)16)5-6-2-3-7(13)8(14)4-6;1-4(2)3/h2-4,12-14H,5,11H2,1H3,(H,15,16);(H-,1,2,3)/p+1/t10-;/m0./s1. The Balaban J connectivity index is 0.000000796. The van der Waals surface area contributed by atoms with E-state index in [1.807, 2.05) is 0 Å². The first-order chi connectivity index (χ1) is 9.12. The number of carbonyl (C=O) groups is 1. The van der Waals surface area contributed by atoms with Crippen LogP contribution < -0.4 is 11.3 Å². The van der Waals surface area contributed by atoms with E-state index < -0.39 is 19.8 Å². The molecule has 0 aliphatic heterocycles. The molecule has 0 heterocycles. The molecule has 0 aromatic heterocycles. The molecule has 0 saturated heterocycles. The van der Waals surface area contributed by atoms with Crippen molar-refractivity contribution in [1.29, 1.82) is 0 Å². The first kappa shape index (κ1) is 18.2. The molecule has 1 aromatic carbocycles. The minimum absolute atomic E-state index is 0.0900. The summed E-state index contributed by atoms with van der Waals surface area (Å²) in [5.74, 6) is 3.55. The number of phenols is 2. The van der Waals surface area contributed by atoms with Gasteiger partial charge in [0.2, 0.25) is 0 Å². The fourth-order valence-corrected chi connectivity index (χ4v) is 1.28. The first-order valence-corrected chi connectivity index (χ1v) is 6.36. The Kier molecular flexibility index (Phi) is 7.05. The second kappa shape index (κ2) is 7.73. The van der Waals surface area contributed by atoms with Gasteiger partial charge in [0.15, 0.2) is 11.5 Å². The Morgan fingerprint density at radius 2 is 1.85 bits per heavy atom. The van der Waals surface area contributed by atoms with Gasteiger partial charge in [-0.15, -0.1) is 9.79 Å². The Bertz CT molecular complexity index is 492. The number of aromatic hydroxyl groups is 2. The molecular formula is C10H16N2O7P+. The second-order valence-electron chi connectivity index (χ2n) is 4.03. The summed E-state index contributed by atoms with van der Waals surface area (Å²) in [7, 11) is -2.87. The van der Waals surface area contributed by atoms with Gasteiger partial charge < -0.3 is 15.3 Å². The molecule has 0 bridgehead atoms. The molecule has 0 amide bonds. The van der Waals surface area contributed by atoms with Crippen LogP contribution in [0.5, 0.6) is 11.5 Å². The minimum atomic E-state index is -2.87. The van der Waals surface area contributed by atoms with Gasteiger partial charge in [-0.25, -0.2) is 5.43 Å². The maximum absolute atomic E-state index is 11.0. The number of hydrogen-bond donors (Lipinski definition) is 7. The number of phenolic OH excluding ortho intramolecular Hbond substituents is 2. The molecule has 1 rings (SSSR count). The molecule has 0 radical (unpaired) electrons. The molecule has 0 fully saturated rings. The van der Waals surface area contributed by atoms with Crippen molar-refractivity contribution in [3.63, 3.8) is 0 Å². The number of rotatable bonds is 4. The second-order valence-corrected chi connectivity index (χ2v) is 4.54. The predicted octanol–water partition coefficient (Wildman–Crippen LogP) is -0.425. The third-order valence-corrected chi connectivity index (χ3v) is 2.39. The number of nitrogens with one attached hydrogen (secondary N) is 1. The zero-order valence-corrected chi connectivity index (χ0v) is 11.4.